The summed E-state index contributed by atoms with van der Waals surface area (Å²) in [6, 6.07) is 30.1. The first kappa shape index (κ1) is 18.2. The summed E-state index contributed by atoms with van der Waals surface area (Å²) < 4.78 is 19.5. The maximum atomic E-state index is 13.3. The Morgan fingerprint density at radius 3 is 1.97 bits per heavy atom. The Morgan fingerprint density at radius 1 is 0.667 bits per heavy atom. The van der Waals surface area contributed by atoms with Gasteiger partial charge in [-0.25, -0.2) is 4.39 Å². The number of hydrogen-bond donors (Lipinski definition) is 1. The zero-order chi connectivity index (χ0) is 20.5. The zero-order valence-electron chi connectivity index (χ0n) is 16.2. The highest BCUT2D eigenvalue weighted by Crippen LogP contribution is 2.37. The fourth-order valence-electron chi connectivity index (χ4n) is 3.81. The van der Waals surface area contributed by atoms with E-state index in [9.17, 15) is 9.50 Å². The van der Waals surface area contributed by atoms with E-state index in [1.165, 1.54) is 12.1 Å². The molecule has 0 spiro atoms. The van der Waals surface area contributed by atoms with Crippen LogP contribution in [0.4, 0.5) is 4.39 Å². The number of halogens is 1. The second-order valence-electron chi connectivity index (χ2n) is 7.32. The number of aromatic hydroxyl groups is 1. The SMILES string of the molecule is Oc1ccc(-c2ccc(-c3c(Cc4ccc(F)cc4)oc4ccccc34)cc2)cc1. The molecule has 0 radical (unpaired) electrons. The average molecular weight is 394 g/mol. The first-order valence-electron chi connectivity index (χ1n) is 9.82. The second kappa shape index (κ2) is 7.53. The van der Waals surface area contributed by atoms with Crippen LogP contribution in [0.2, 0.25) is 0 Å². The monoisotopic (exact) mass is 394 g/mol. The number of benzene rings is 4. The van der Waals surface area contributed by atoms with Gasteiger partial charge in [-0.15, -0.1) is 0 Å². The lowest BCUT2D eigenvalue weighted by molar-refractivity contribution is 0.475. The summed E-state index contributed by atoms with van der Waals surface area (Å²) in [4.78, 5) is 0. The minimum absolute atomic E-state index is 0.242. The maximum absolute atomic E-state index is 13.3. The highest BCUT2D eigenvalue weighted by Gasteiger charge is 2.16. The third kappa shape index (κ3) is 3.46. The molecule has 0 aliphatic rings. The molecular weight excluding hydrogens is 375 g/mol. The Hall–Kier alpha value is -3.85. The molecule has 0 bridgehead atoms. The molecule has 3 heteroatoms. The molecule has 5 aromatic rings. The third-order valence-corrected chi connectivity index (χ3v) is 5.32. The molecule has 0 unspecified atom stereocenters. The van der Waals surface area contributed by atoms with Crippen molar-refractivity contribution in [3.63, 3.8) is 0 Å². The van der Waals surface area contributed by atoms with E-state index in [4.69, 9.17) is 4.42 Å². The van der Waals surface area contributed by atoms with Crippen LogP contribution in [0.1, 0.15) is 11.3 Å². The maximum Gasteiger partial charge on any atom is 0.134 e. The number of phenols is 1. The van der Waals surface area contributed by atoms with E-state index >= 15 is 0 Å². The van der Waals surface area contributed by atoms with Gasteiger partial charge in [-0.2, -0.15) is 0 Å². The van der Waals surface area contributed by atoms with E-state index < -0.39 is 0 Å². The predicted octanol–water partition coefficient (Wildman–Crippen LogP) is 7.20. The Labute approximate surface area is 173 Å². The van der Waals surface area contributed by atoms with Crippen molar-refractivity contribution in [2.24, 2.45) is 0 Å². The van der Waals surface area contributed by atoms with Gasteiger partial charge in [-0.3, -0.25) is 0 Å². The molecule has 5 rings (SSSR count). The van der Waals surface area contributed by atoms with Crippen LogP contribution in [0.15, 0.2) is 101 Å². The lowest BCUT2D eigenvalue weighted by atomic mass is 9.96. The Bertz CT molecular complexity index is 1300. The summed E-state index contributed by atoms with van der Waals surface area (Å²) in [6.07, 6.45) is 0.587. The van der Waals surface area contributed by atoms with Crippen LogP contribution in [0.3, 0.4) is 0 Å². The molecule has 1 N–H and O–H groups in total. The summed E-state index contributed by atoms with van der Waals surface area (Å²) in [5.41, 5.74) is 6.09. The molecule has 4 aromatic carbocycles. The lowest BCUT2D eigenvalue weighted by Crippen LogP contribution is -1.90. The van der Waals surface area contributed by atoms with Gasteiger partial charge in [0, 0.05) is 17.4 Å². The minimum Gasteiger partial charge on any atom is -0.508 e. The van der Waals surface area contributed by atoms with Gasteiger partial charge < -0.3 is 9.52 Å². The normalized spacial score (nSPS) is 11.1. The molecule has 146 valence electrons. The number of rotatable bonds is 4. The second-order valence-corrected chi connectivity index (χ2v) is 7.32. The summed E-state index contributed by atoms with van der Waals surface area (Å²) in [7, 11) is 0. The van der Waals surface area contributed by atoms with E-state index in [1.807, 2.05) is 30.3 Å². The van der Waals surface area contributed by atoms with E-state index in [0.29, 0.717) is 6.42 Å². The van der Waals surface area contributed by atoms with Gasteiger partial charge in [-0.05, 0) is 52.6 Å². The smallest absolute Gasteiger partial charge is 0.134 e. The van der Waals surface area contributed by atoms with Crippen LogP contribution in [0.25, 0.3) is 33.2 Å². The van der Waals surface area contributed by atoms with Crippen LogP contribution < -0.4 is 0 Å². The first-order chi connectivity index (χ1) is 14.7. The fourth-order valence-corrected chi connectivity index (χ4v) is 3.81. The van der Waals surface area contributed by atoms with Gasteiger partial charge in [0.25, 0.3) is 0 Å². The van der Waals surface area contributed by atoms with Crippen molar-refractivity contribution in [3.8, 4) is 28.0 Å². The van der Waals surface area contributed by atoms with Gasteiger partial charge in [0.15, 0.2) is 0 Å². The first-order valence-corrected chi connectivity index (χ1v) is 9.82. The van der Waals surface area contributed by atoms with Crippen LogP contribution >= 0.6 is 0 Å². The Balaban J connectivity index is 1.57. The molecule has 0 atom stereocenters. The van der Waals surface area contributed by atoms with Crippen molar-refractivity contribution in [2.75, 3.05) is 0 Å². The third-order valence-electron chi connectivity index (χ3n) is 5.32. The summed E-state index contributed by atoms with van der Waals surface area (Å²) in [5, 5.41) is 10.6. The highest BCUT2D eigenvalue weighted by molar-refractivity contribution is 5.96. The Morgan fingerprint density at radius 2 is 1.27 bits per heavy atom. The van der Waals surface area contributed by atoms with Gasteiger partial charge in [0.1, 0.15) is 22.9 Å². The van der Waals surface area contributed by atoms with Crippen molar-refractivity contribution in [1.82, 2.24) is 0 Å². The van der Waals surface area contributed by atoms with E-state index in [-0.39, 0.29) is 11.6 Å². The quantitative estimate of drug-likeness (QED) is 0.350. The van der Waals surface area contributed by atoms with Crippen LogP contribution in [0, 0.1) is 5.82 Å². The number of furan rings is 1. The van der Waals surface area contributed by atoms with Crippen molar-refractivity contribution in [2.45, 2.75) is 6.42 Å². The molecule has 1 heterocycles. The fraction of sp³-hybridized carbons (Fsp3) is 0.0370. The molecule has 0 saturated carbocycles. The number of phenolic OH excluding ortho intramolecular Hbond substituents is 1. The van der Waals surface area contributed by atoms with Gasteiger partial charge >= 0.3 is 0 Å². The standard InChI is InChI=1S/C27H19FO2/c28-22-13-5-18(6-14-22)17-26-27(24-3-1-2-4-25(24)30-26)21-9-7-19(8-10-21)20-11-15-23(29)16-12-20/h1-16,29H,17H2. The molecular formula is C27H19FO2. The molecule has 0 aliphatic heterocycles. The molecule has 2 nitrogen and oxygen atoms in total. The average Bonchev–Trinajstić information content (AvgIpc) is 3.14. The van der Waals surface area contributed by atoms with E-state index in [0.717, 1.165) is 44.5 Å². The predicted molar refractivity (Wildman–Crippen MR) is 118 cm³/mol. The molecule has 0 amide bonds. The molecule has 30 heavy (non-hydrogen) atoms. The van der Waals surface area contributed by atoms with Crippen molar-refractivity contribution in [1.29, 1.82) is 0 Å². The van der Waals surface area contributed by atoms with Gasteiger partial charge in [-0.1, -0.05) is 66.7 Å². The number of hydrogen-bond acceptors (Lipinski definition) is 2. The highest BCUT2D eigenvalue weighted by atomic mass is 19.1. The zero-order valence-corrected chi connectivity index (χ0v) is 16.2. The minimum atomic E-state index is -0.242. The van der Waals surface area contributed by atoms with Crippen LogP contribution in [-0.2, 0) is 6.42 Å². The van der Waals surface area contributed by atoms with E-state index in [2.05, 4.69) is 30.3 Å². The van der Waals surface area contributed by atoms with Crippen molar-refractivity contribution < 1.29 is 13.9 Å². The van der Waals surface area contributed by atoms with Crippen molar-refractivity contribution in [3.05, 3.63) is 114 Å². The van der Waals surface area contributed by atoms with Crippen LogP contribution in [0.5, 0.6) is 5.75 Å². The summed E-state index contributed by atoms with van der Waals surface area (Å²) in [5.74, 6) is 0.874. The molecule has 0 saturated heterocycles. The largest absolute Gasteiger partial charge is 0.508 e. The topological polar surface area (TPSA) is 33.4 Å². The molecule has 0 aliphatic carbocycles. The Kier molecular flexibility index (Phi) is 4.56. The van der Waals surface area contributed by atoms with E-state index in [1.54, 1.807) is 24.3 Å². The van der Waals surface area contributed by atoms with Crippen LogP contribution in [-0.4, -0.2) is 5.11 Å². The molecule has 1 aromatic heterocycles. The summed E-state index contributed by atoms with van der Waals surface area (Å²) in [6.45, 7) is 0. The van der Waals surface area contributed by atoms with Crippen molar-refractivity contribution >= 4 is 11.0 Å². The summed E-state index contributed by atoms with van der Waals surface area (Å²) >= 11 is 0. The van der Waals surface area contributed by atoms with Gasteiger partial charge in [0.2, 0.25) is 0 Å². The number of para-hydroxylation sites is 1. The number of fused-ring (bicyclic) bond motifs is 1. The lowest BCUT2D eigenvalue weighted by Gasteiger charge is -2.07. The van der Waals surface area contributed by atoms with Gasteiger partial charge in [0.05, 0.1) is 0 Å². The molecule has 0 fully saturated rings.